The van der Waals surface area contributed by atoms with Gasteiger partial charge in [0.1, 0.15) is 0 Å². The Kier molecular flexibility index (Phi) is 5.71. The molecular weight excluding hydrogens is 384 g/mol. The lowest BCUT2D eigenvalue weighted by Crippen LogP contribution is -2.50. The third kappa shape index (κ3) is 4.40. The quantitative estimate of drug-likeness (QED) is 0.760. The summed E-state index contributed by atoms with van der Waals surface area (Å²) in [5.74, 6) is -0.0718. The summed E-state index contributed by atoms with van der Waals surface area (Å²) in [6, 6.07) is 14.3. The van der Waals surface area contributed by atoms with E-state index in [9.17, 15) is 16.8 Å². The van der Waals surface area contributed by atoms with Crippen molar-refractivity contribution in [3.05, 3.63) is 65.2 Å². The van der Waals surface area contributed by atoms with Gasteiger partial charge >= 0.3 is 0 Å². The third-order valence-electron chi connectivity index (χ3n) is 4.74. The van der Waals surface area contributed by atoms with Crippen molar-refractivity contribution >= 4 is 20.0 Å². The molecule has 1 aliphatic heterocycles. The molecule has 2 aromatic carbocycles. The molecule has 0 bridgehead atoms. The van der Waals surface area contributed by atoms with Gasteiger partial charge in [0.05, 0.1) is 10.6 Å². The van der Waals surface area contributed by atoms with Gasteiger partial charge in [0.25, 0.3) is 0 Å². The second kappa shape index (κ2) is 7.71. The van der Waals surface area contributed by atoms with Gasteiger partial charge in [0.15, 0.2) is 0 Å². The maximum absolute atomic E-state index is 13.0. The molecule has 0 amide bonds. The van der Waals surface area contributed by atoms with E-state index in [1.807, 2.05) is 19.1 Å². The summed E-state index contributed by atoms with van der Waals surface area (Å²) in [5.41, 5.74) is 2.30. The van der Waals surface area contributed by atoms with Gasteiger partial charge in [0, 0.05) is 26.2 Å². The van der Waals surface area contributed by atoms with Crippen LogP contribution in [0.2, 0.25) is 0 Å². The Morgan fingerprint density at radius 3 is 2.04 bits per heavy atom. The summed E-state index contributed by atoms with van der Waals surface area (Å²) in [6.07, 6.45) is 0. The third-order valence-corrected chi connectivity index (χ3v) is 8.64. The van der Waals surface area contributed by atoms with Crippen LogP contribution in [0.15, 0.2) is 53.4 Å². The number of benzene rings is 2. The van der Waals surface area contributed by atoms with Gasteiger partial charge in [-0.2, -0.15) is 8.61 Å². The molecule has 27 heavy (non-hydrogen) atoms. The van der Waals surface area contributed by atoms with E-state index in [2.05, 4.69) is 0 Å². The number of hydrogen-bond acceptors (Lipinski definition) is 4. The summed E-state index contributed by atoms with van der Waals surface area (Å²) in [6.45, 7) is 4.27. The van der Waals surface area contributed by atoms with Crippen molar-refractivity contribution in [2.24, 2.45) is 0 Å². The molecule has 0 unspecified atom stereocenters. The molecule has 3 rings (SSSR count). The zero-order chi connectivity index (χ0) is 19.7. The first-order valence-electron chi connectivity index (χ1n) is 8.79. The van der Waals surface area contributed by atoms with Crippen LogP contribution in [0.3, 0.4) is 0 Å². The van der Waals surface area contributed by atoms with E-state index in [0.29, 0.717) is 10.5 Å². The van der Waals surface area contributed by atoms with Crippen molar-refractivity contribution in [1.29, 1.82) is 0 Å². The average molecular weight is 409 g/mol. The monoisotopic (exact) mass is 408 g/mol. The predicted octanol–water partition coefficient (Wildman–Crippen LogP) is 2.14. The predicted molar refractivity (Wildman–Crippen MR) is 105 cm³/mol. The van der Waals surface area contributed by atoms with Gasteiger partial charge in [-0.25, -0.2) is 16.8 Å². The van der Waals surface area contributed by atoms with Gasteiger partial charge in [-0.3, -0.25) is 0 Å². The molecular formula is C19H24N2O4S2. The van der Waals surface area contributed by atoms with Crippen molar-refractivity contribution in [2.75, 3.05) is 26.2 Å². The van der Waals surface area contributed by atoms with E-state index in [4.69, 9.17) is 0 Å². The van der Waals surface area contributed by atoms with E-state index < -0.39 is 20.0 Å². The lowest BCUT2D eigenvalue weighted by Gasteiger charge is -2.33. The lowest BCUT2D eigenvalue weighted by atomic mass is 10.2. The van der Waals surface area contributed by atoms with Crippen LogP contribution in [0, 0.1) is 13.8 Å². The maximum atomic E-state index is 13.0. The molecule has 0 spiro atoms. The molecule has 2 aromatic rings. The summed E-state index contributed by atoms with van der Waals surface area (Å²) in [5, 5.41) is 0. The van der Waals surface area contributed by atoms with Crippen LogP contribution >= 0.6 is 0 Å². The fourth-order valence-electron chi connectivity index (χ4n) is 3.19. The molecule has 8 heteroatoms. The van der Waals surface area contributed by atoms with E-state index in [0.717, 1.165) is 11.1 Å². The first-order valence-corrected chi connectivity index (χ1v) is 11.8. The Morgan fingerprint density at radius 2 is 1.41 bits per heavy atom. The Hall–Kier alpha value is -1.74. The molecule has 0 N–H and O–H groups in total. The molecule has 6 nitrogen and oxygen atoms in total. The molecule has 1 heterocycles. The zero-order valence-corrected chi connectivity index (χ0v) is 17.1. The number of nitrogens with zero attached hydrogens (tertiary/aromatic N) is 2. The smallest absolute Gasteiger partial charge is 0.212 e. The van der Waals surface area contributed by atoms with Gasteiger partial charge in [-0.15, -0.1) is 0 Å². The standard InChI is InChI=1S/C19H24N2O4S2/c1-16-8-9-17(2)19(14-16)27(24,25)21-12-10-20(11-13-21)26(22,23)15-18-6-4-3-5-7-18/h3-9,14H,10-13,15H2,1-2H3. The number of hydrogen-bond donors (Lipinski definition) is 0. The molecule has 0 aliphatic carbocycles. The highest BCUT2D eigenvalue weighted by molar-refractivity contribution is 7.89. The summed E-state index contributed by atoms with van der Waals surface area (Å²) in [7, 11) is -7.10. The van der Waals surface area contributed by atoms with Crippen LogP contribution in [-0.4, -0.2) is 51.6 Å². The zero-order valence-electron chi connectivity index (χ0n) is 15.5. The Morgan fingerprint density at radius 1 is 0.815 bits per heavy atom. The SMILES string of the molecule is Cc1ccc(C)c(S(=O)(=O)N2CCN(S(=O)(=O)Cc3ccccc3)CC2)c1. The van der Waals surface area contributed by atoms with Crippen molar-refractivity contribution in [3.63, 3.8) is 0 Å². The largest absolute Gasteiger partial charge is 0.243 e. The highest BCUT2D eigenvalue weighted by Gasteiger charge is 2.33. The summed E-state index contributed by atoms with van der Waals surface area (Å²) in [4.78, 5) is 0.295. The molecule has 0 saturated carbocycles. The van der Waals surface area contributed by atoms with Crippen LogP contribution in [0.25, 0.3) is 0 Å². The Balaban J connectivity index is 1.72. The molecule has 0 radical (unpaired) electrons. The number of piperazine rings is 1. The Bertz CT molecular complexity index is 1010. The Labute approximate surface area is 161 Å². The van der Waals surface area contributed by atoms with Crippen molar-refractivity contribution < 1.29 is 16.8 Å². The van der Waals surface area contributed by atoms with Gasteiger partial charge in [-0.05, 0) is 36.6 Å². The van der Waals surface area contributed by atoms with Crippen molar-refractivity contribution in [2.45, 2.75) is 24.5 Å². The van der Waals surface area contributed by atoms with Crippen molar-refractivity contribution in [3.8, 4) is 0 Å². The highest BCUT2D eigenvalue weighted by Crippen LogP contribution is 2.23. The van der Waals surface area contributed by atoms with Crippen molar-refractivity contribution in [1.82, 2.24) is 8.61 Å². The normalized spacial score (nSPS) is 17.1. The minimum absolute atomic E-state index is 0.0718. The van der Waals surface area contributed by atoms with Gasteiger partial charge < -0.3 is 0 Å². The van der Waals surface area contributed by atoms with E-state index in [-0.39, 0.29) is 31.9 Å². The number of sulfonamides is 2. The summed E-state index contributed by atoms with van der Waals surface area (Å²) < 4.78 is 54.0. The molecule has 1 aliphatic rings. The average Bonchev–Trinajstić information content (AvgIpc) is 2.64. The van der Waals surface area contributed by atoms with E-state index in [1.165, 1.54) is 8.61 Å². The first-order chi connectivity index (χ1) is 12.7. The second-order valence-electron chi connectivity index (χ2n) is 6.81. The molecule has 0 atom stereocenters. The second-order valence-corrected chi connectivity index (χ2v) is 10.7. The molecule has 1 saturated heterocycles. The number of rotatable bonds is 5. The maximum Gasteiger partial charge on any atom is 0.243 e. The van der Waals surface area contributed by atoms with Crippen LogP contribution < -0.4 is 0 Å². The van der Waals surface area contributed by atoms with Gasteiger partial charge in [0.2, 0.25) is 20.0 Å². The van der Waals surface area contributed by atoms with E-state index in [1.54, 1.807) is 43.3 Å². The van der Waals surface area contributed by atoms with E-state index >= 15 is 0 Å². The molecule has 146 valence electrons. The fourth-order valence-corrected chi connectivity index (χ4v) is 6.44. The molecule has 1 fully saturated rings. The van der Waals surface area contributed by atoms with Gasteiger partial charge in [-0.1, -0.05) is 42.5 Å². The number of aryl methyl sites for hydroxylation is 2. The highest BCUT2D eigenvalue weighted by atomic mass is 32.2. The first kappa shape index (κ1) is 20.0. The summed E-state index contributed by atoms with van der Waals surface area (Å²) >= 11 is 0. The fraction of sp³-hybridized carbons (Fsp3) is 0.368. The minimum atomic E-state index is -3.63. The van der Waals surface area contributed by atoms with Crippen LogP contribution in [0.4, 0.5) is 0 Å². The van der Waals surface area contributed by atoms with Crippen LogP contribution in [0.1, 0.15) is 16.7 Å². The lowest BCUT2D eigenvalue weighted by molar-refractivity contribution is 0.272. The van der Waals surface area contributed by atoms with Crippen LogP contribution in [0.5, 0.6) is 0 Å². The topological polar surface area (TPSA) is 74.8 Å². The van der Waals surface area contributed by atoms with Crippen LogP contribution in [-0.2, 0) is 25.8 Å². The molecule has 0 aromatic heterocycles. The minimum Gasteiger partial charge on any atom is -0.212 e.